The van der Waals surface area contributed by atoms with Crippen LogP contribution < -0.4 is 0 Å². The Morgan fingerprint density at radius 2 is 0.359 bits per heavy atom. The smallest absolute Gasteiger partial charge is 0.0362 e. The summed E-state index contributed by atoms with van der Waals surface area (Å²) in [6.45, 7) is 0. The third-order valence-corrected chi connectivity index (χ3v) is 19.6. The van der Waals surface area contributed by atoms with E-state index in [0.717, 1.165) is 0 Å². The summed E-state index contributed by atoms with van der Waals surface area (Å²) in [5.74, 6) is 0. The van der Waals surface area contributed by atoms with Crippen molar-refractivity contribution in [1.29, 1.82) is 0 Å². The predicted octanol–water partition coefficient (Wildman–Crippen LogP) is 23.0. The third-order valence-electron chi connectivity index (χ3n) is 17.4. The largest absolute Gasteiger partial charge is 0.135 e. The van der Waals surface area contributed by atoms with Crippen molar-refractivity contribution in [2.75, 3.05) is 0 Å². The molecular formula is C76H42S2. The van der Waals surface area contributed by atoms with Crippen LogP contribution in [0.3, 0.4) is 0 Å². The molecule has 0 radical (unpaired) electrons. The minimum Gasteiger partial charge on any atom is -0.135 e. The molecule has 0 spiro atoms. The van der Waals surface area contributed by atoms with Gasteiger partial charge in [0.25, 0.3) is 0 Å². The van der Waals surface area contributed by atoms with E-state index in [-0.39, 0.29) is 0 Å². The van der Waals surface area contributed by atoms with E-state index in [0.29, 0.717) is 0 Å². The molecular weight excluding hydrogens is 977 g/mol. The summed E-state index contributed by atoms with van der Waals surface area (Å²) in [5, 5.41) is 31.0. The van der Waals surface area contributed by atoms with Gasteiger partial charge in [0.05, 0.1) is 0 Å². The number of rotatable bonds is 3. The van der Waals surface area contributed by atoms with Gasteiger partial charge in [-0.25, -0.2) is 0 Å². The summed E-state index contributed by atoms with van der Waals surface area (Å²) >= 11 is 3.81. The molecule has 0 aliphatic heterocycles. The Kier molecular flexibility index (Phi) is 8.80. The van der Waals surface area contributed by atoms with E-state index in [2.05, 4.69) is 255 Å². The lowest BCUT2D eigenvalue weighted by molar-refractivity contribution is 1.69. The molecule has 2 heteroatoms. The molecule has 2 aromatic heterocycles. The second kappa shape index (κ2) is 16.0. The lowest BCUT2D eigenvalue weighted by Gasteiger charge is -2.22. The van der Waals surface area contributed by atoms with Crippen LogP contribution in [0.2, 0.25) is 0 Å². The quantitative estimate of drug-likeness (QED) is 0.122. The highest BCUT2D eigenvalue weighted by Gasteiger charge is 2.24. The normalized spacial score (nSPS) is 12.4. The first-order chi connectivity index (χ1) is 38.7. The number of hydrogen-bond acceptors (Lipinski definition) is 2. The van der Waals surface area contributed by atoms with Crippen LogP contribution in [0, 0.1) is 0 Å². The standard InChI is InChI=1S/C76H42S2/c1-5-21-49-45(17-1)47-19-3-7-23-51(47)63-41-71-67(39-61(49)63)65-37-43(33-35-69(65)77-71)73-53-25-9-13-29-57(53)75(58-30-14-10-26-54(58)73)76-59-31-15-11-27-55(59)74(56-28-12-16-32-60(56)76)44-34-36-70-66(38-44)68-40-62-50-22-6-2-18-46(50)48-20-4-8-24-52(48)64(62)42-72(68)78-70/h1-42H. The minimum absolute atomic E-state index is 1.24. The van der Waals surface area contributed by atoms with Crippen LogP contribution in [0.5, 0.6) is 0 Å². The summed E-state index contributed by atoms with van der Waals surface area (Å²) in [5.41, 5.74) is 7.59. The molecule has 0 N–H and O–H groups in total. The van der Waals surface area contributed by atoms with Crippen molar-refractivity contribution >= 4 is 171 Å². The number of fused-ring (bicyclic) bond motifs is 22. The Balaban J connectivity index is 0.862. The molecule has 0 fully saturated rings. The summed E-state index contributed by atoms with van der Waals surface area (Å²) in [7, 11) is 0. The number of thiophene rings is 2. The second-order valence-electron chi connectivity index (χ2n) is 21.3. The molecule has 0 amide bonds. The molecule has 18 rings (SSSR count). The molecule has 18 aromatic rings. The van der Waals surface area contributed by atoms with Crippen molar-refractivity contribution in [2.45, 2.75) is 0 Å². The molecule has 0 saturated heterocycles. The van der Waals surface area contributed by atoms with E-state index in [1.54, 1.807) is 0 Å². The van der Waals surface area contributed by atoms with Gasteiger partial charge in [0, 0.05) is 40.3 Å². The van der Waals surface area contributed by atoms with Crippen molar-refractivity contribution in [3.63, 3.8) is 0 Å². The van der Waals surface area contributed by atoms with Crippen LogP contribution in [0.1, 0.15) is 0 Å². The molecule has 0 atom stereocenters. The molecule has 2 heterocycles. The van der Waals surface area contributed by atoms with E-state index in [1.165, 1.54) is 181 Å². The summed E-state index contributed by atoms with van der Waals surface area (Å²) in [6.07, 6.45) is 0. The van der Waals surface area contributed by atoms with Crippen LogP contribution in [-0.4, -0.2) is 0 Å². The second-order valence-corrected chi connectivity index (χ2v) is 23.4. The van der Waals surface area contributed by atoms with Gasteiger partial charge in [0.2, 0.25) is 0 Å². The van der Waals surface area contributed by atoms with Crippen LogP contribution in [0.15, 0.2) is 255 Å². The zero-order valence-corrected chi connectivity index (χ0v) is 43.7. The lowest BCUT2D eigenvalue weighted by atomic mass is 9.81. The molecule has 0 aliphatic carbocycles. The minimum atomic E-state index is 1.24. The number of benzene rings is 16. The van der Waals surface area contributed by atoms with Crippen molar-refractivity contribution in [3.8, 4) is 33.4 Å². The van der Waals surface area contributed by atoms with Crippen LogP contribution in [-0.2, 0) is 0 Å². The van der Waals surface area contributed by atoms with Gasteiger partial charge in [0.1, 0.15) is 0 Å². The van der Waals surface area contributed by atoms with E-state index >= 15 is 0 Å². The first-order valence-corrected chi connectivity index (χ1v) is 28.6. The van der Waals surface area contributed by atoms with Crippen molar-refractivity contribution in [1.82, 2.24) is 0 Å². The maximum atomic E-state index is 2.48. The highest BCUT2D eigenvalue weighted by Crippen LogP contribution is 2.52. The molecule has 0 bridgehead atoms. The van der Waals surface area contributed by atoms with Gasteiger partial charge in [0.15, 0.2) is 0 Å². The molecule has 0 aliphatic rings. The first-order valence-electron chi connectivity index (χ1n) is 27.0. The van der Waals surface area contributed by atoms with Gasteiger partial charge >= 0.3 is 0 Å². The summed E-state index contributed by atoms with van der Waals surface area (Å²) in [4.78, 5) is 0. The van der Waals surface area contributed by atoms with Gasteiger partial charge in [-0.3, -0.25) is 0 Å². The fraction of sp³-hybridized carbons (Fsp3) is 0. The van der Waals surface area contributed by atoms with Crippen molar-refractivity contribution in [2.24, 2.45) is 0 Å². The summed E-state index contributed by atoms with van der Waals surface area (Å²) in [6, 6.07) is 96.7. The van der Waals surface area contributed by atoms with Crippen molar-refractivity contribution < 1.29 is 0 Å². The maximum absolute atomic E-state index is 2.48. The monoisotopic (exact) mass is 1020 g/mol. The van der Waals surface area contributed by atoms with Gasteiger partial charge in [-0.1, -0.05) is 206 Å². The maximum Gasteiger partial charge on any atom is 0.0362 e. The summed E-state index contributed by atoms with van der Waals surface area (Å²) < 4.78 is 5.26. The fourth-order valence-corrected chi connectivity index (χ4v) is 16.3. The van der Waals surface area contributed by atoms with Crippen molar-refractivity contribution in [3.05, 3.63) is 255 Å². The van der Waals surface area contributed by atoms with E-state index in [9.17, 15) is 0 Å². The van der Waals surface area contributed by atoms with Gasteiger partial charge in [-0.05, 0) is 190 Å². The highest BCUT2D eigenvalue weighted by atomic mass is 32.1. The molecule has 358 valence electrons. The zero-order valence-electron chi connectivity index (χ0n) is 42.1. The predicted molar refractivity (Wildman–Crippen MR) is 344 cm³/mol. The molecule has 16 aromatic carbocycles. The molecule has 0 saturated carbocycles. The Bertz CT molecular complexity index is 5230. The Hall–Kier alpha value is -9.44. The van der Waals surface area contributed by atoms with E-state index < -0.39 is 0 Å². The van der Waals surface area contributed by atoms with Crippen LogP contribution in [0.4, 0.5) is 0 Å². The molecule has 0 nitrogen and oxygen atoms in total. The van der Waals surface area contributed by atoms with Gasteiger partial charge in [-0.15, -0.1) is 22.7 Å². The lowest BCUT2D eigenvalue weighted by Crippen LogP contribution is -1.94. The van der Waals surface area contributed by atoms with Crippen LogP contribution >= 0.6 is 22.7 Å². The van der Waals surface area contributed by atoms with E-state index in [4.69, 9.17) is 0 Å². The van der Waals surface area contributed by atoms with Crippen LogP contribution in [0.25, 0.3) is 181 Å². The average Bonchev–Trinajstić information content (AvgIpc) is 4.09. The SMILES string of the molecule is c1ccc2c(-c3c4ccccc4c(-c4ccc5sc6cc7c8ccccc8c8ccccc8c7cc6c5c4)c4ccccc34)c3ccccc3c(-c3ccc4sc5cc6c7ccccc7c7ccccc7c6cc5c4c3)c2c1. The van der Waals surface area contributed by atoms with Gasteiger partial charge < -0.3 is 0 Å². The first kappa shape index (κ1) is 42.7. The Morgan fingerprint density at radius 3 is 0.641 bits per heavy atom. The average molecular weight is 1020 g/mol. The van der Waals surface area contributed by atoms with E-state index in [1.807, 2.05) is 22.7 Å². The van der Waals surface area contributed by atoms with Gasteiger partial charge in [-0.2, -0.15) is 0 Å². The fourth-order valence-electron chi connectivity index (χ4n) is 14.1. The molecule has 78 heavy (non-hydrogen) atoms. The third kappa shape index (κ3) is 5.88. The Labute approximate surface area is 455 Å². The Morgan fingerprint density at radius 1 is 0.141 bits per heavy atom. The number of hydrogen-bond donors (Lipinski definition) is 0. The molecule has 0 unspecified atom stereocenters. The highest BCUT2D eigenvalue weighted by molar-refractivity contribution is 7.26. The topological polar surface area (TPSA) is 0 Å². The zero-order chi connectivity index (χ0) is 50.7.